The van der Waals surface area contributed by atoms with Crippen LogP contribution in [0.15, 0.2) is 72.3 Å². The summed E-state index contributed by atoms with van der Waals surface area (Å²) in [7, 11) is 2.99. The van der Waals surface area contributed by atoms with Gasteiger partial charge in [0.1, 0.15) is 5.75 Å². The SMILES string of the molecule is COc1ccc([C@@]23C(=O)N(Nc4ccc(Cl)cc4Cl)C(=O)[C@@H]2C[C@@H]2C(=CC[C@@H]4C(=O)N(C5CCCCC5)C(=O)[C@@H]42)[C@@H]3c2cccc(OC)c2O)cc1. The maximum absolute atomic E-state index is 15.4. The second kappa shape index (κ2) is 13.1. The van der Waals surface area contributed by atoms with E-state index in [1.807, 2.05) is 6.08 Å². The molecule has 2 heterocycles. The van der Waals surface area contributed by atoms with E-state index in [4.69, 9.17) is 32.7 Å². The number of halogens is 2. The number of benzene rings is 3. The molecule has 2 saturated heterocycles. The zero-order valence-electron chi connectivity index (χ0n) is 28.8. The molecule has 0 radical (unpaired) electrons. The van der Waals surface area contributed by atoms with E-state index in [2.05, 4.69) is 5.43 Å². The van der Waals surface area contributed by atoms with Crippen LogP contribution in [0.25, 0.3) is 0 Å². The molecule has 2 saturated carbocycles. The average molecular weight is 745 g/mol. The van der Waals surface area contributed by atoms with Crippen LogP contribution in [0.5, 0.6) is 17.2 Å². The molecule has 2 N–H and O–H groups in total. The number of likely N-dealkylation sites (tertiary alicyclic amines) is 1. The van der Waals surface area contributed by atoms with Crippen molar-refractivity contribution in [1.29, 1.82) is 0 Å². The molecule has 6 atom stereocenters. The third-order valence-electron chi connectivity index (χ3n) is 12.1. The van der Waals surface area contributed by atoms with E-state index in [9.17, 15) is 19.5 Å². The number of anilines is 1. The summed E-state index contributed by atoms with van der Waals surface area (Å²) in [5, 5.41) is 13.5. The monoisotopic (exact) mass is 743 g/mol. The van der Waals surface area contributed by atoms with Gasteiger partial charge in [-0.2, -0.15) is 5.01 Å². The predicted molar refractivity (Wildman–Crippen MR) is 194 cm³/mol. The Morgan fingerprint density at radius 1 is 0.865 bits per heavy atom. The van der Waals surface area contributed by atoms with Crippen LogP contribution in [0.2, 0.25) is 10.0 Å². The lowest BCUT2D eigenvalue weighted by molar-refractivity contribution is -0.144. The van der Waals surface area contributed by atoms with Gasteiger partial charge < -0.3 is 14.6 Å². The van der Waals surface area contributed by atoms with E-state index >= 15 is 4.79 Å². The highest BCUT2D eigenvalue weighted by Crippen LogP contribution is 2.65. The first-order chi connectivity index (χ1) is 25.1. The fraction of sp³-hybridized carbons (Fsp3) is 0.400. The van der Waals surface area contributed by atoms with E-state index in [1.54, 1.807) is 61.7 Å². The number of nitrogens with zero attached hydrogens (tertiary/aromatic N) is 2. The summed E-state index contributed by atoms with van der Waals surface area (Å²) in [5.74, 6) is -4.57. The van der Waals surface area contributed by atoms with E-state index in [-0.39, 0.29) is 40.8 Å². The van der Waals surface area contributed by atoms with Crippen molar-refractivity contribution in [2.24, 2.45) is 23.7 Å². The van der Waals surface area contributed by atoms with Crippen molar-refractivity contribution in [2.75, 3.05) is 19.6 Å². The number of methoxy groups -OCH3 is 2. The number of amides is 4. The minimum absolute atomic E-state index is 0.134. The molecule has 0 unspecified atom stereocenters. The molecule has 3 aromatic carbocycles. The van der Waals surface area contributed by atoms with Gasteiger partial charge in [-0.05, 0) is 73.6 Å². The topological polar surface area (TPSA) is 125 Å². The molecule has 3 aromatic rings. The van der Waals surface area contributed by atoms with Gasteiger partial charge in [0, 0.05) is 22.5 Å². The molecule has 4 fully saturated rings. The second-order valence-corrected chi connectivity index (χ2v) is 15.3. The zero-order valence-corrected chi connectivity index (χ0v) is 30.3. The fourth-order valence-corrected chi connectivity index (χ4v) is 10.3. The quantitative estimate of drug-likeness (QED) is 0.195. The van der Waals surface area contributed by atoms with Gasteiger partial charge in [0.15, 0.2) is 11.5 Å². The van der Waals surface area contributed by atoms with Gasteiger partial charge >= 0.3 is 0 Å². The number of hydrogen-bond acceptors (Lipinski definition) is 8. The molecule has 3 aliphatic carbocycles. The molecule has 8 rings (SSSR count). The number of para-hydroxylation sites is 1. The molecule has 2 aliphatic heterocycles. The Kier molecular flexibility index (Phi) is 8.73. The highest BCUT2D eigenvalue weighted by atomic mass is 35.5. The predicted octanol–water partition coefficient (Wildman–Crippen LogP) is 7.03. The first kappa shape index (κ1) is 34.5. The highest BCUT2D eigenvalue weighted by Gasteiger charge is 2.71. The van der Waals surface area contributed by atoms with Crippen molar-refractivity contribution in [3.8, 4) is 17.2 Å². The van der Waals surface area contributed by atoms with Crippen molar-refractivity contribution in [3.05, 3.63) is 93.5 Å². The summed E-state index contributed by atoms with van der Waals surface area (Å²) in [6.45, 7) is 0. The summed E-state index contributed by atoms with van der Waals surface area (Å²) in [5.41, 5.74) is 3.36. The third kappa shape index (κ3) is 5.05. The number of aromatic hydroxyl groups is 1. The summed E-state index contributed by atoms with van der Waals surface area (Å²) in [6, 6.07) is 16.7. The summed E-state index contributed by atoms with van der Waals surface area (Å²) in [4.78, 5) is 60.5. The van der Waals surface area contributed by atoms with Crippen LogP contribution >= 0.6 is 23.2 Å². The number of allylic oxidation sites excluding steroid dienone is 2. The molecule has 0 spiro atoms. The van der Waals surface area contributed by atoms with Gasteiger partial charge in [-0.15, -0.1) is 0 Å². The number of ether oxygens (including phenoxy) is 2. The third-order valence-corrected chi connectivity index (χ3v) is 12.7. The number of phenolic OH excluding ortho intramolecular Hbond substituents is 1. The van der Waals surface area contributed by atoms with Gasteiger partial charge in [-0.1, -0.05) is 78.4 Å². The number of rotatable bonds is 7. The van der Waals surface area contributed by atoms with E-state index in [1.165, 1.54) is 18.1 Å². The van der Waals surface area contributed by atoms with Gasteiger partial charge in [0.2, 0.25) is 11.8 Å². The van der Waals surface area contributed by atoms with Gasteiger partial charge in [0.05, 0.1) is 48.1 Å². The number of phenols is 1. The standard InChI is InChI=1S/C40H39Cl2N3O7/c1-51-24-14-11-21(12-15-24)40-29(37(48)45(39(40)50)43-31-18-13-22(41)19-30(31)42)20-28-25(34(40)27-9-6-10-32(52-2)35(27)46)16-17-26-33(28)38(49)44(36(26)47)23-7-4-3-5-8-23/h6,9-16,18-19,23,26,28-29,33-34,43,46H,3-5,7-8,17,20H2,1-2H3/t26-,28+,29-,33-,34+,40+/m0/s1. The largest absolute Gasteiger partial charge is 0.504 e. The summed E-state index contributed by atoms with van der Waals surface area (Å²) < 4.78 is 11.0. The lowest BCUT2D eigenvalue weighted by Crippen LogP contribution is -2.53. The van der Waals surface area contributed by atoms with Gasteiger partial charge in [0.25, 0.3) is 11.8 Å². The van der Waals surface area contributed by atoms with E-state index in [0.29, 0.717) is 34.0 Å². The lowest BCUT2D eigenvalue weighted by atomic mass is 9.49. The Balaban J connectivity index is 1.34. The first-order valence-corrected chi connectivity index (χ1v) is 18.5. The zero-order chi connectivity index (χ0) is 36.5. The molecule has 52 heavy (non-hydrogen) atoms. The van der Waals surface area contributed by atoms with E-state index in [0.717, 1.165) is 42.7 Å². The number of carbonyl (C=O) groups is 4. The maximum Gasteiger partial charge on any atom is 0.260 e. The Labute approximate surface area is 311 Å². The molecular weight excluding hydrogens is 705 g/mol. The minimum Gasteiger partial charge on any atom is -0.504 e. The number of imide groups is 2. The van der Waals surface area contributed by atoms with Crippen LogP contribution in [0.1, 0.15) is 62.0 Å². The van der Waals surface area contributed by atoms with Crippen molar-refractivity contribution >= 4 is 52.5 Å². The van der Waals surface area contributed by atoms with Gasteiger partial charge in [-0.25, -0.2) is 0 Å². The fourth-order valence-electron chi connectivity index (χ4n) is 9.85. The second-order valence-electron chi connectivity index (χ2n) is 14.4. The van der Waals surface area contributed by atoms with Crippen LogP contribution in [-0.4, -0.2) is 58.9 Å². The Morgan fingerprint density at radius 3 is 2.31 bits per heavy atom. The Morgan fingerprint density at radius 2 is 1.62 bits per heavy atom. The number of hydrogen-bond donors (Lipinski definition) is 2. The highest BCUT2D eigenvalue weighted by molar-refractivity contribution is 6.36. The van der Waals surface area contributed by atoms with Crippen molar-refractivity contribution < 1.29 is 33.8 Å². The average Bonchev–Trinajstić information content (AvgIpc) is 3.54. The number of carbonyl (C=O) groups excluding carboxylic acids is 4. The molecule has 12 heteroatoms. The van der Waals surface area contributed by atoms with Crippen LogP contribution in [-0.2, 0) is 24.6 Å². The van der Waals surface area contributed by atoms with Crippen molar-refractivity contribution in [3.63, 3.8) is 0 Å². The Hall–Kier alpha value is -4.54. The molecule has 5 aliphatic rings. The van der Waals surface area contributed by atoms with Crippen LogP contribution in [0, 0.1) is 23.7 Å². The lowest BCUT2D eigenvalue weighted by Gasteiger charge is -2.50. The van der Waals surface area contributed by atoms with E-state index < -0.39 is 46.8 Å². The maximum atomic E-state index is 15.4. The van der Waals surface area contributed by atoms with Crippen LogP contribution in [0.3, 0.4) is 0 Å². The number of hydrazine groups is 1. The molecular formula is C40H39Cl2N3O7. The smallest absolute Gasteiger partial charge is 0.260 e. The molecule has 10 nitrogen and oxygen atoms in total. The molecule has 0 bridgehead atoms. The first-order valence-electron chi connectivity index (χ1n) is 17.8. The van der Waals surface area contributed by atoms with Crippen molar-refractivity contribution in [2.45, 2.75) is 62.3 Å². The molecule has 4 amide bonds. The number of fused-ring (bicyclic) bond motifs is 4. The van der Waals surface area contributed by atoms with Crippen molar-refractivity contribution in [1.82, 2.24) is 9.91 Å². The van der Waals surface area contributed by atoms with Crippen LogP contribution < -0.4 is 14.9 Å². The minimum atomic E-state index is -1.59. The molecule has 270 valence electrons. The number of nitrogens with one attached hydrogen (secondary N) is 1. The summed E-state index contributed by atoms with van der Waals surface area (Å²) in [6.07, 6.45) is 7.00. The summed E-state index contributed by atoms with van der Waals surface area (Å²) >= 11 is 12.7. The van der Waals surface area contributed by atoms with Crippen LogP contribution in [0.4, 0.5) is 5.69 Å². The Bertz CT molecular complexity index is 2010. The normalized spacial score (nSPS) is 28.7. The van der Waals surface area contributed by atoms with Gasteiger partial charge in [-0.3, -0.25) is 29.5 Å². The molecule has 0 aromatic heterocycles.